The van der Waals surface area contributed by atoms with Crippen molar-refractivity contribution in [2.75, 3.05) is 13.1 Å². The molecule has 0 unspecified atom stereocenters. The van der Waals surface area contributed by atoms with E-state index in [1.807, 2.05) is 12.1 Å². The molecule has 0 fully saturated rings. The van der Waals surface area contributed by atoms with Crippen LogP contribution in [0.15, 0.2) is 65.3 Å². The van der Waals surface area contributed by atoms with Gasteiger partial charge in [-0.25, -0.2) is 0 Å². The van der Waals surface area contributed by atoms with Crippen molar-refractivity contribution in [2.45, 2.75) is 40.4 Å². The van der Waals surface area contributed by atoms with Gasteiger partial charge in [-0.1, -0.05) is 38.1 Å². The third-order valence-electron chi connectivity index (χ3n) is 5.72. The predicted octanol–water partition coefficient (Wildman–Crippen LogP) is 5.39. The first-order valence-corrected chi connectivity index (χ1v) is 10.5. The first-order valence-electron chi connectivity index (χ1n) is 10.5. The Hall–Kier alpha value is -2.56. The lowest BCUT2D eigenvalue weighted by atomic mass is 9.92. The van der Waals surface area contributed by atoms with Gasteiger partial charge in [-0.05, 0) is 54.8 Å². The molecule has 4 nitrogen and oxygen atoms in total. The summed E-state index contributed by atoms with van der Waals surface area (Å²) >= 11 is 0. The molecule has 0 aliphatic heterocycles. The number of benzene rings is 2. The topological polar surface area (TPSA) is 47.3 Å². The van der Waals surface area contributed by atoms with Gasteiger partial charge in [0.05, 0.1) is 12.8 Å². The van der Waals surface area contributed by atoms with Crippen LogP contribution in [0.2, 0.25) is 0 Å². The van der Waals surface area contributed by atoms with Crippen LogP contribution in [0.25, 0.3) is 21.8 Å². The van der Waals surface area contributed by atoms with E-state index in [2.05, 4.69) is 72.7 Å². The second-order valence-electron chi connectivity index (χ2n) is 8.71. The summed E-state index contributed by atoms with van der Waals surface area (Å²) in [5.74, 6) is 0.987. The van der Waals surface area contributed by atoms with Gasteiger partial charge in [0.1, 0.15) is 5.76 Å². The highest BCUT2D eigenvalue weighted by atomic mass is 16.3. The summed E-state index contributed by atoms with van der Waals surface area (Å²) in [6.07, 6.45) is 1.74. The summed E-state index contributed by atoms with van der Waals surface area (Å²) in [5, 5.41) is 2.65. The molecule has 4 heteroatoms. The Morgan fingerprint density at radius 2 is 1.76 bits per heavy atom. The zero-order valence-corrected chi connectivity index (χ0v) is 17.7. The van der Waals surface area contributed by atoms with Crippen LogP contribution in [-0.2, 0) is 19.6 Å². The lowest BCUT2D eigenvalue weighted by Crippen LogP contribution is -2.38. The molecule has 2 aromatic heterocycles. The molecule has 4 rings (SSSR count). The number of rotatable bonds is 8. The maximum absolute atomic E-state index is 6.02. The zero-order valence-electron chi connectivity index (χ0n) is 17.7. The van der Waals surface area contributed by atoms with Crippen LogP contribution >= 0.6 is 0 Å². The molecule has 0 aliphatic rings. The highest BCUT2D eigenvalue weighted by Gasteiger charge is 2.21. The molecule has 2 aromatic carbocycles. The summed E-state index contributed by atoms with van der Waals surface area (Å²) in [7, 11) is 0. The summed E-state index contributed by atoms with van der Waals surface area (Å²) in [6.45, 7) is 10.8. The Morgan fingerprint density at radius 3 is 2.48 bits per heavy atom. The Morgan fingerprint density at radius 1 is 0.966 bits per heavy atom. The highest BCUT2D eigenvalue weighted by Crippen LogP contribution is 2.30. The number of furan rings is 1. The number of aryl methyl sites for hydroxylation is 1. The minimum Gasteiger partial charge on any atom is -0.468 e. The van der Waals surface area contributed by atoms with E-state index in [1.165, 1.54) is 27.4 Å². The SMILES string of the molecule is CCn1c2ccccc2c2cc(CN(Cc3ccco3)CC(C)(C)CN)ccc21. The second-order valence-corrected chi connectivity index (χ2v) is 8.71. The Kier molecular flexibility index (Phi) is 5.48. The van der Waals surface area contributed by atoms with Crippen molar-refractivity contribution in [3.05, 3.63) is 72.2 Å². The van der Waals surface area contributed by atoms with E-state index in [4.69, 9.17) is 10.2 Å². The average Bonchev–Trinajstić information content (AvgIpc) is 3.33. The van der Waals surface area contributed by atoms with Gasteiger partial charge in [0.15, 0.2) is 0 Å². The molecule has 0 bridgehead atoms. The van der Waals surface area contributed by atoms with Crippen molar-refractivity contribution in [1.82, 2.24) is 9.47 Å². The van der Waals surface area contributed by atoms with E-state index in [-0.39, 0.29) is 5.41 Å². The third kappa shape index (κ3) is 4.09. The first kappa shape index (κ1) is 19.7. The van der Waals surface area contributed by atoms with Crippen molar-refractivity contribution >= 4 is 21.8 Å². The molecule has 152 valence electrons. The molecular formula is C25H31N3O. The Labute approximate surface area is 172 Å². The van der Waals surface area contributed by atoms with E-state index in [0.29, 0.717) is 6.54 Å². The lowest BCUT2D eigenvalue weighted by Gasteiger charge is -2.31. The van der Waals surface area contributed by atoms with Gasteiger partial charge in [-0.2, -0.15) is 0 Å². The van der Waals surface area contributed by atoms with Crippen LogP contribution in [0, 0.1) is 5.41 Å². The highest BCUT2D eigenvalue weighted by molar-refractivity contribution is 6.08. The number of para-hydroxylation sites is 1. The average molecular weight is 390 g/mol. The van der Waals surface area contributed by atoms with Gasteiger partial charge >= 0.3 is 0 Å². The van der Waals surface area contributed by atoms with E-state index < -0.39 is 0 Å². The van der Waals surface area contributed by atoms with Gasteiger partial charge < -0.3 is 14.7 Å². The van der Waals surface area contributed by atoms with Crippen LogP contribution in [0.5, 0.6) is 0 Å². The van der Waals surface area contributed by atoms with Crippen LogP contribution in [0.4, 0.5) is 0 Å². The number of fused-ring (bicyclic) bond motifs is 3. The number of hydrogen-bond donors (Lipinski definition) is 1. The number of aromatic nitrogens is 1. The Bertz CT molecular complexity index is 1090. The molecule has 2 N–H and O–H groups in total. The van der Waals surface area contributed by atoms with Gasteiger partial charge in [0.2, 0.25) is 0 Å². The first-order chi connectivity index (χ1) is 14.0. The minimum absolute atomic E-state index is 0.0505. The molecule has 29 heavy (non-hydrogen) atoms. The molecular weight excluding hydrogens is 358 g/mol. The van der Waals surface area contributed by atoms with E-state index >= 15 is 0 Å². The molecule has 0 amide bonds. The number of hydrogen-bond acceptors (Lipinski definition) is 3. The molecule has 0 saturated carbocycles. The summed E-state index contributed by atoms with van der Waals surface area (Å²) in [5.41, 5.74) is 10.00. The van der Waals surface area contributed by atoms with Gasteiger partial charge in [0, 0.05) is 41.4 Å². The van der Waals surface area contributed by atoms with Crippen molar-refractivity contribution in [3.63, 3.8) is 0 Å². The van der Waals surface area contributed by atoms with E-state index in [1.54, 1.807) is 6.26 Å². The maximum atomic E-state index is 6.02. The standard InChI is InChI=1S/C25H31N3O/c1-4-28-23-10-6-5-9-21(23)22-14-19(11-12-24(22)28)15-27(18-25(2,3)17-26)16-20-8-7-13-29-20/h5-14H,4,15-18,26H2,1-3H3. The summed E-state index contributed by atoms with van der Waals surface area (Å²) in [4.78, 5) is 2.44. The fraction of sp³-hybridized carbons (Fsp3) is 0.360. The molecule has 0 radical (unpaired) electrons. The molecule has 0 aliphatic carbocycles. The number of nitrogens with two attached hydrogens (primary N) is 1. The van der Waals surface area contributed by atoms with E-state index in [0.717, 1.165) is 31.9 Å². The van der Waals surface area contributed by atoms with Gasteiger partial charge in [-0.3, -0.25) is 4.90 Å². The fourth-order valence-electron chi connectivity index (χ4n) is 4.26. The third-order valence-corrected chi connectivity index (χ3v) is 5.72. The molecule has 0 saturated heterocycles. The quantitative estimate of drug-likeness (QED) is 0.439. The summed E-state index contributed by atoms with van der Waals surface area (Å²) in [6, 6.07) is 19.6. The number of nitrogens with zero attached hydrogens (tertiary/aromatic N) is 2. The fourth-order valence-corrected chi connectivity index (χ4v) is 4.26. The van der Waals surface area contributed by atoms with Crippen molar-refractivity contribution < 1.29 is 4.42 Å². The lowest BCUT2D eigenvalue weighted by molar-refractivity contribution is 0.158. The summed E-state index contributed by atoms with van der Waals surface area (Å²) < 4.78 is 8.01. The maximum Gasteiger partial charge on any atom is 0.117 e. The van der Waals surface area contributed by atoms with Gasteiger partial charge in [-0.15, -0.1) is 0 Å². The van der Waals surface area contributed by atoms with Gasteiger partial charge in [0.25, 0.3) is 0 Å². The largest absolute Gasteiger partial charge is 0.468 e. The Balaban J connectivity index is 1.69. The van der Waals surface area contributed by atoms with Crippen LogP contribution in [-0.4, -0.2) is 22.6 Å². The molecule has 2 heterocycles. The second kappa shape index (κ2) is 8.05. The zero-order chi connectivity index (χ0) is 20.4. The van der Waals surface area contributed by atoms with Crippen LogP contribution < -0.4 is 5.73 Å². The van der Waals surface area contributed by atoms with Crippen molar-refractivity contribution in [3.8, 4) is 0 Å². The normalized spacial score (nSPS) is 12.4. The molecule has 0 atom stereocenters. The monoisotopic (exact) mass is 389 g/mol. The smallest absolute Gasteiger partial charge is 0.117 e. The minimum atomic E-state index is 0.0505. The van der Waals surface area contributed by atoms with E-state index in [9.17, 15) is 0 Å². The predicted molar refractivity (Wildman–Crippen MR) is 121 cm³/mol. The molecule has 4 aromatic rings. The van der Waals surface area contributed by atoms with Crippen molar-refractivity contribution in [2.24, 2.45) is 11.1 Å². The molecule has 0 spiro atoms. The van der Waals surface area contributed by atoms with Crippen LogP contribution in [0.1, 0.15) is 32.1 Å². The van der Waals surface area contributed by atoms with Crippen LogP contribution in [0.3, 0.4) is 0 Å². The van der Waals surface area contributed by atoms with Crippen molar-refractivity contribution in [1.29, 1.82) is 0 Å².